The van der Waals surface area contributed by atoms with E-state index < -0.39 is 0 Å². The molecular formula is C16H23N5OS. The maximum Gasteiger partial charge on any atom is 0.234 e. The lowest BCUT2D eigenvalue weighted by Gasteiger charge is -2.12. The Bertz CT molecular complexity index is 700. The molecule has 0 saturated carbocycles. The summed E-state index contributed by atoms with van der Waals surface area (Å²) in [7, 11) is 0. The molecule has 0 spiro atoms. The molecule has 0 fully saturated rings. The van der Waals surface area contributed by atoms with Gasteiger partial charge in [-0.2, -0.15) is 0 Å². The van der Waals surface area contributed by atoms with Gasteiger partial charge in [0.15, 0.2) is 5.82 Å². The highest BCUT2D eigenvalue weighted by molar-refractivity contribution is 7.99. The summed E-state index contributed by atoms with van der Waals surface area (Å²) in [6.45, 7) is 10.0. The van der Waals surface area contributed by atoms with Gasteiger partial charge in [0.05, 0.1) is 5.75 Å². The number of nitrogen functional groups attached to an aromatic ring is 1. The maximum atomic E-state index is 12.2. The quantitative estimate of drug-likeness (QED) is 0.649. The molecule has 2 aromatic rings. The van der Waals surface area contributed by atoms with Crippen molar-refractivity contribution < 1.29 is 4.79 Å². The minimum absolute atomic E-state index is 0.0841. The zero-order chi connectivity index (χ0) is 17.1. The van der Waals surface area contributed by atoms with Gasteiger partial charge in [0.2, 0.25) is 11.1 Å². The van der Waals surface area contributed by atoms with Gasteiger partial charge < -0.3 is 11.2 Å². The number of hydrogen-bond donors (Lipinski definition) is 2. The number of amides is 1. The summed E-state index contributed by atoms with van der Waals surface area (Å²) in [5, 5.41) is 11.6. The van der Waals surface area contributed by atoms with E-state index in [0.717, 1.165) is 16.8 Å². The lowest BCUT2D eigenvalue weighted by atomic mass is 10.1. The van der Waals surface area contributed by atoms with Gasteiger partial charge in [-0.25, -0.2) is 4.68 Å². The van der Waals surface area contributed by atoms with Gasteiger partial charge in [-0.15, -0.1) is 10.2 Å². The van der Waals surface area contributed by atoms with E-state index in [4.69, 9.17) is 5.84 Å². The smallest absolute Gasteiger partial charge is 0.234 e. The molecule has 0 radical (unpaired) electrons. The third-order valence-corrected chi connectivity index (χ3v) is 4.42. The fraction of sp³-hybridized carbons (Fsp3) is 0.438. The van der Waals surface area contributed by atoms with Crippen LogP contribution in [0.4, 0.5) is 5.69 Å². The third kappa shape index (κ3) is 4.04. The summed E-state index contributed by atoms with van der Waals surface area (Å²) in [6.07, 6.45) is 0. The summed E-state index contributed by atoms with van der Waals surface area (Å²) in [4.78, 5) is 12.2. The largest absolute Gasteiger partial charge is 0.336 e. The van der Waals surface area contributed by atoms with E-state index in [2.05, 4.69) is 27.6 Å². The molecule has 0 saturated heterocycles. The lowest BCUT2D eigenvalue weighted by molar-refractivity contribution is -0.113. The number of aromatic nitrogens is 3. The summed E-state index contributed by atoms with van der Waals surface area (Å²) >= 11 is 1.28. The fourth-order valence-corrected chi connectivity index (χ4v) is 3.13. The highest BCUT2D eigenvalue weighted by atomic mass is 32.2. The number of aryl methyl sites for hydroxylation is 3. The van der Waals surface area contributed by atoms with Crippen LogP contribution in [0.2, 0.25) is 0 Å². The molecule has 0 aliphatic carbocycles. The number of thioether (sulfide) groups is 1. The minimum atomic E-state index is -0.0841. The number of carbonyl (C=O) groups is 1. The van der Waals surface area contributed by atoms with Crippen molar-refractivity contribution in [2.45, 2.75) is 45.7 Å². The Morgan fingerprint density at radius 3 is 2.39 bits per heavy atom. The minimum Gasteiger partial charge on any atom is -0.336 e. The molecule has 0 aliphatic rings. The second kappa shape index (κ2) is 7.04. The first-order chi connectivity index (χ1) is 10.8. The van der Waals surface area contributed by atoms with Crippen molar-refractivity contribution in [3.63, 3.8) is 0 Å². The van der Waals surface area contributed by atoms with Gasteiger partial charge in [-0.3, -0.25) is 4.79 Å². The van der Waals surface area contributed by atoms with Crippen LogP contribution < -0.4 is 11.2 Å². The van der Waals surface area contributed by atoms with E-state index in [1.165, 1.54) is 22.0 Å². The van der Waals surface area contributed by atoms with E-state index in [9.17, 15) is 4.79 Å². The predicted octanol–water partition coefficient (Wildman–Crippen LogP) is 2.77. The Morgan fingerprint density at radius 1 is 1.26 bits per heavy atom. The number of nitrogens with zero attached hydrogens (tertiary/aromatic N) is 3. The Labute approximate surface area is 140 Å². The first-order valence-electron chi connectivity index (χ1n) is 7.50. The SMILES string of the molecule is Cc1cc(C)c(NC(=O)CSc2nnc(C(C)C)n2N)c(C)c1. The molecule has 0 atom stereocenters. The van der Waals surface area contributed by atoms with Gasteiger partial charge >= 0.3 is 0 Å². The maximum absolute atomic E-state index is 12.2. The van der Waals surface area contributed by atoms with Crippen LogP contribution in [0, 0.1) is 20.8 Å². The highest BCUT2D eigenvalue weighted by Crippen LogP contribution is 2.23. The van der Waals surface area contributed by atoms with E-state index >= 15 is 0 Å². The van der Waals surface area contributed by atoms with Gasteiger partial charge in [-0.1, -0.05) is 43.3 Å². The molecule has 124 valence electrons. The highest BCUT2D eigenvalue weighted by Gasteiger charge is 2.15. The summed E-state index contributed by atoms with van der Waals surface area (Å²) in [5.74, 6) is 6.99. The standard InChI is InChI=1S/C16H23N5OS/c1-9(2)15-19-20-16(21(15)17)23-8-13(22)18-14-11(4)6-10(3)7-12(14)5/h6-7,9H,8,17H2,1-5H3,(H,18,22). The molecule has 6 nitrogen and oxygen atoms in total. The van der Waals surface area contributed by atoms with Gasteiger partial charge in [0, 0.05) is 11.6 Å². The van der Waals surface area contributed by atoms with Gasteiger partial charge in [-0.05, 0) is 31.9 Å². The molecule has 1 heterocycles. The number of carbonyl (C=O) groups excluding carboxylic acids is 1. The first kappa shape index (κ1) is 17.3. The number of rotatable bonds is 5. The molecule has 1 amide bonds. The molecule has 2 rings (SSSR count). The summed E-state index contributed by atoms with van der Waals surface area (Å²) in [6, 6.07) is 4.11. The van der Waals surface area contributed by atoms with Crippen molar-refractivity contribution in [2.75, 3.05) is 16.9 Å². The Morgan fingerprint density at radius 2 is 1.87 bits per heavy atom. The molecule has 7 heteroatoms. The van der Waals surface area contributed by atoms with Crippen LogP contribution in [0.3, 0.4) is 0 Å². The van der Waals surface area contributed by atoms with Gasteiger partial charge in [0.1, 0.15) is 0 Å². The second-order valence-electron chi connectivity index (χ2n) is 5.98. The molecule has 1 aromatic heterocycles. The summed E-state index contributed by atoms with van der Waals surface area (Å²) < 4.78 is 1.45. The first-order valence-corrected chi connectivity index (χ1v) is 8.49. The van der Waals surface area contributed by atoms with Crippen molar-refractivity contribution in [3.8, 4) is 0 Å². The van der Waals surface area contributed by atoms with Crippen LogP contribution in [-0.4, -0.2) is 26.5 Å². The van der Waals surface area contributed by atoms with Crippen LogP contribution in [0.25, 0.3) is 0 Å². The lowest BCUT2D eigenvalue weighted by Crippen LogP contribution is -2.18. The molecule has 0 aliphatic heterocycles. The molecule has 0 bridgehead atoms. The van der Waals surface area contributed by atoms with Crippen molar-refractivity contribution >= 4 is 23.4 Å². The van der Waals surface area contributed by atoms with E-state index in [0.29, 0.717) is 11.0 Å². The van der Waals surface area contributed by atoms with Gasteiger partial charge in [0.25, 0.3) is 0 Å². The zero-order valence-electron chi connectivity index (χ0n) is 14.2. The van der Waals surface area contributed by atoms with Crippen LogP contribution in [-0.2, 0) is 4.79 Å². The van der Waals surface area contributed by atoms with Crippen molar-refractivity contribution in [1.29, 1.82) is 0 Å². The average Bonchev–Trinajstić information content (AvgIpc) is 2.82. The Hall–Kier alpha value is -2.02. The Balaban J connectivity index is 2.01. The number of anilines is 1. The third-order valence-electron chi connectivity index (χ3n) is 3.48. The topological polar surface area (TPSA) is 85.8 Å². The van der Waals surface area contributed by atoms with E-state index in [1.54, 1.807) is 0 Å². The molecule has 3 N–H and O–H groups in total. The molecule has 1 aromatic carbocycles. The fourth-order valence-electron chi connectivity index (χ4n) is 2.46. The van der Waals surface area contributed by atoms with E-state index in [-0.39, 0.29) is 17.6 Å². The summed E-state index contributed by atoms with van der Waals surface area (Å²) in [5.41, 5.74) is 4.18. The normalized spacial score (nSPS) is 11.0. The van der Waals surface area contributed by atoms with Crippen LogP contribution in [0.15, 0.2) is 17.3 Å². The van der Waals surface area contributed by atoms with Crippen molar-refractivity contribution in [3.05, 3.63) is 34.6 Å². The Kier molecular flexibility index (Phi) is 5.30. The number of nitrogens with one attached hydrogen (secondary N) is 1. The number of nitrogens with two attached hydrogens (primary N) is 1. The van der Waals surface area contributed by atoms with Crippen LogP contribution >= 0.6 is 11.8 Å². The molecular weight excluding hydrogens is 310 g/mol. The van der Waals surface area contributed by atoms with Crippen molar-refractivity contribution in [1.82, 2.24) is 14.9 Å². The number of hydrogen-bond acceptors (Lipinski definition) is 5. The van der Waals surface area contributed by atoms with E-state index in [1.807, 2.05) is 34.6 Å². The molecule has 0 unspecified atom stereocenters. The van der Waals surface area contributed by atoms with Crippen LogP contribution in [0.5, 0.6) is 0 Å². The van der Waals surface area contributed by atoms with Crippen molar-refractivity contribution in [2.24, 2.45) is 0 Å². The monoisotopic (exact) mass is 333 g/mol. The second-order valence-corrected chi connectivity index (χ2v) is 6.92. The number of benzene rings is 1. The van der Waals surface area contributed by atoms with Crippen LogP contribution in [0.1, 0.15) is 42.3 Å². The average molecular weight is 333 g/mol. The zero-order valence-corrected chi connectivity index (χ0v) is 15.0. The predicted molar refractivity (Wildman–Crippen MR) is 94.3 cm³/mol. The molecule has 23 heavy (non-hydrogen) atoms.